The zero-order valence-corrected chi connectivity index (χ0v) is 12.7. The number of nitrogens with zero attached hydrogens (tertiary/aromatic N) is 1. The van der Waals surface area contributed by atoms with E-state index in [1.807, 2.05) is 0 Å². The number of alkyl halides is 11. The average Bonchev–Trinajstić information content (AvgIpc) is 2.33. The van der Waals surface area contributed by atoms with Crippen LogP contribution in [0.5, 0.6) is 0 Å². The zero-order valence-electron chi connectivity index (χ0n) is 12.7. The fourth-order valence-electron chi connectivity index (χ4n) is 1.79. The Bertz CT molecular complexity index is 432. The van der Waals surface area contributed by atoms with Crippen LogP contribution in [0.2, 0.25) is 0 Å². The lowest BCUT2D eigenvalue weighted by Crippen LogP contribution is -2.59. The van der Waals surface area contributed by atoms with Gasteiger partial charge < -0.3 is 4.74 Å². The van der Waals surface area contributed by atoms with Gasteiger partial charge in [-0.25, -0.2) is 22.0 Å². The van der Waals surface area contributed by atoms with E-state index in [-0.39, 0.29) is 20.9 Å². The van der Waals surface area contributed by atoms with Crippen molar-refractivity contribution >= 4 is 0 Å². The molecule has 0 bridgehead atoms. The van der Waals surface area contributed by atoms with Gasteiger partial charge in [0.25, 0.3) is 12.1 Å². The highest BCUT2D eigenvalue weighted by molar-refractivity contribution is 4.94. The maximum Gasteiger partial charge on any atom is 0.425 e. The lowest BCUT2D eigenvalue weighted by molar-refractivity contribution is -0.314. The molecule has 0 fully saturated rings. The number of rotatable bonds is 7. The fourth-order valence-corrected chi connectivity index (χ4v) is 1.79. The van der Waals surface area contributed by atoms with E-state index >= 15 is 0 Å². The van der Waals surface area contributed by atoms with E-state index in [2.05, 4.69) is 4.74 Å². The normalized spacial score (nSPS) is 19.7. The fraction of sp³-hybridized carbons (Fsp3) is 1.00. The third kappa shape index (κ3) is 5.53. The van der Waals surface area contributed by atoms with Crippen LogP contribution >= 0.6 is 0 Å². The van der Waals surface area contributed by atoms with E-state index in [1.54, 1.807) is 0 Å². The molecular weight excluding hydrogens is 390 g/mol. The predicted octanol–water partition coefficient (Wildman–Crippen LogP) is 4.70. The Kier molecular flexibility index (Phi) is 7.10. The molecule has 14 heteroatoms. The van der Waals surface area contributed by atoms with Gasteiger partial charge in [0, 0.05) is 7.05 Å². The second kappa shape index (κ2) is 7.37. The summed E-state index contributed by atoms with van der Waals surface area (Å²) in [5, 5.41) is -1.45. The molecule has 0 aromatic carbocycles. The van der Waals surface area contributed by atoms with Crippen molar-refractivity contribution < 1.29 is 57.5 Å². The first-order valence-corrected chi connectivity index (χ1v) is 6.34. The van der Waals surface area contributed by atoms with Gasteiger partial charge in [-0.05, 0) is 13.8 Å². The van der Waals surface area contributed by atoms with Crippen LogP contribution in [-0.4, -0.2) is 60.8 Å². The molecule has 0 aromatic heterocycles. The second-order valence-electron chi connectivity index (χ2n) is 5.14. The quantitative estimate of drug-likeness (QED) is 0.452. The molecule has 0 radical (unpaired) electrons. The molecule has 0 N–H and O–H groups in total. The molecular formula is C11H13F12NO. The Balaban J connectivity index is 5.46. The molecule has 152 valence electrons. The summed E-state index contributed by atoms with van der Waals surface area (Å²) in [5.74, 6) is -10.6. The smallest absolute Gasteiger partial charge is 0.363 e. The largest absolute Gasteiger partial charge is 0.425 e. The highest BCUT2D eigenvalue weighted by Crippen LogP contribution is 2.42. The van der Waals surface area contributed by atoms with Crippen LogP contribution in [0.1, 0.15) is 13.8 Å². The molecule has 0 spiro atoms. The number of hydrogen-bond donors (Lipinski definition) is 0. The van der Waals surface area contributed by atoms with Crippen LogP contribution in [0.15, 0.2) is 0 Å². The van der Waals surface area contributed by atoms with Gasteiger partial charge >= 0.3 is 18.3 Å². The maximum atomic E-state index is 13.7. The van der Waals surface area contributed by atoms with E-state index in [9.17, 15) is 52.8 Å². The van der Waals surface area contributed by atoms with E-state index in [0.29, 0.717) is 0 Å². The lowest BCUT2D eigenvalue weighted by atomic mass is 10.0. The van der Waals surface area contributed by atoms with Crippen molar-refractivity contribution in [2.24, 2.45) is 0 Å². The summed E-state index contributed by atoms with van der Waals surface area (Å²) < 4.78 is 157. The SMILES string of the molecule is CC(OC(C)C(F)(F)C(N(C)F)C(F)(F)F)C(F)(F)C(F)C(F)(F)F. The minimum atomic E-state index is -6.07. The third-order valence-corrected chi connectivity index (χ3v) is 3.15. The molecule has 0 aromatic rings. The summed E-state index contributed by atoms with van der Waals surface area (Å²) >= 11 is 0. The molecule has 0 aliphatic heterocycles. The minimum absolute atomic E-state index is 0.0297. The Morgan fingerprint density at radius 3 is 1.36 bits per heavy atom. The van der Waals surface area contributed by atoms with Gasteiger partial charge in [0.2, 0.25) is 6.04 Å². The topological polar surface area (TPSA) is 12.5 Å². The predicted molar refractivity (Wildman–Crippen MR) is 59.6 cm³/mol. The number of hydrogen-bond acceptors (Lipinski definition) is 2. The summed E-state index contributed by atoms with van der Waals surface area (Å²) in [7, 11) is -0.0297. The first-order valence-electron chi connectivity index (χ1n) is 6.34. The van der Waals surface area contributed by atoms with Crippen LogP contribution in [0.25, 0.3) is 0 Å². The Morgan fingerprint density at radius 1 is 0.720 bits per heavy atom. The van der Waals surface area contributed by atoms with E-state index in [0.717, 1.165) is 0 Å². The van der Waals surface area contributed by atoms with Crippen molar-refractivity contribution in [2.45, 2.75) is 62.5 Å². The van der Waals surface area contributed by atoms with Gasteiger partial charge in [0.1, 0.15) is 12.2 Å². The molecule has 0 saturated carbocycles. The van der Waals surface area contributed by atoms with Gasteiger partial charge in [0.15, 0.2) is 0 Å². The zero-order chi connectivity index (χ0) is 20.6. The number of halogens is 12. The van der Waals surface area contributed by atoms with Crippen molar-refractivity contribution in [3.05, 3.63) is 0 Å². The molecule has 0 aliphatic carbocycles. The van der Waals surface area contributed by atoms with Crippen molar-refractivity contribution in [2.75, 3.05) is 7.05 Å². The summed E-state index contributed by atoms with van der Waals surface area (Å²) in [6.07, 6.45) is -23.1. The van der Waals surface area contributed by atoms with Crippen molar-refractivity contribution in [3.63, 3.8) is 0 Å². The van der Waals surface area contributed by atoms with Crippen LogP contribution in [-0.2, 0) is 4.74 Å². The molecule has 2 nitrogen and oxygen atoms in total. The highest BCUT2D eigenvalue weighted by Gasteiger charge is 2.64. The monoisotopic (exact) mass is 403 g/mol. The molecule has 25 heavy (non-hydrogen) atoms. The van der Waals surface area contributed by atoms with Gasteiger partial charge in [-0.15, -0.1) is 9.60 Å². The van der Waals surface area contributed by atoms with Gasteiger partial charge in [-0.2, -0.15) is 26.3 Å². The van der Waals surface area contributed by atoms with E-state index in [4.69, 9.17) is 0 Å². The average molecular weight is 403 g/mol. The molecule has 4 atom stereocenters. The standard InChI is InChI=1S/C11H13F12NO/c1-4(8(13,14)6(12)10(17,18)19)25-5(2)9(15,16)7(24(3)23)11(20,21)22/h4-7H,1-3H3. The number of ether oxygens (including phenoxy) is 1. The molecule has 0 heterocycles. The highest BCUT2D eigenvalue weighted by atomic mass is 19.4. The van der Waals surface area contributed by atoms with Crippen molar-refractivity contribution in [1.82, 2.24) is 5.12 Å². The summed E-state index contributed by atoms with van der Waals surface area (Å²) in [6.45, 7) is 0.169. The van der Waals surface area contributed by atoms with Crippen LogP contribution < -0.4 is 0 Å². The molecule has 4 unspecified atom stereocenters. The van der Waals surface area contributed by atoms with Crippen LogP contribution in [0.3, 0.4) is 0 Å². The summed E-state index contributed by atoms with van der Waals surface area (Å²) in [4.78, 5) is 0. The van der Waals surface area contributed by atoms with Crippen LogP contribution in [0, 0.1) is 0 Å². The second-order valence-corrected chi connectivity index (χ2v) is 5.14. The summed E-state index contributed by atoms with van der Waals surface area (Å²) in [5.41, 5.74) is 0. The Labute approximate surface area is 133 Å². The first-order chi connectivity index (χ1) is 10.8. The lowest BCUT2D eigenvalue weighted by Gasteiger charge is -2.37. The van der Waals surface area contributed by atoms with E-state index < -0.39 is 53.7 Å². The van der Waals surface area contributed by atoms with Gasteiger partial charge in [-0.1, -0.05) is 0 Å². The van der Waals surface area contributed by atoms with Gasteiger partial charge in [-0.3, -0.25) is 0 Å². The Hall–Kier alpha value is -0.920. The molecule has 0 amide bonds. The first kappa shape index (κ1) is 24.1. The van der Waals surface area contributed by atoms with Crippen LogP contribution in [0.4, 0.5) is 52.8 Å². The summed E-state index contributed by atoms with van der Waals surface area (Å²) in [6, 6.07) is -4.13. The Morgan fingerprint density at radius 2 is 1.08 bits per heavy atom. The van der Waals surface area contributed by atoms with E-state index in [1.165, 1.54) is 0 Å². The third-order valence-electron chi connectivity index (χ3n) is 3.15. The van der Waals surface area contributed by atoms with Gasteiger partial charge in [0.05, 0.1) is 0 Å². The molecule has 0 saturated heterocycles. The molecule has 0 rings (SSSR count). The molecule has 0 aliphatic rings. The van der Waals surface area contributed by atoms with Crippen molar-refractivity contribution in [3.8, 4) is 0 Å². The maximum absolute atomic E-state index is 13.7. The minimum Gasteiger partial charge on any atom is -0.363 e. The van der Waals surface area contributed by atoms with Crippen molar-refractivity contribution in [1.29, 1.82) is 0 Å².